The minimum Gasteiger partial charge on any atom is -0.303 e. The monoisotopic (exact) mass is 312 g/mol. The molecule has 0 radical (unpaired) electrons. The molecule has 3 atom stereocenters. The van der Waals surface area contributed by atoms with Gasteiger partial charge < -0.3 is 4.90 Å². The summed E-state index contributed by atoms with van der Waals surface area (Å²) < 4.78 is 26.5. The van der Waals surface area contributed by atoms with E-state index in [2.05, 4.69) is 21.8 Å². The molecule has 0 aromatic heterocycles. The number of hydrogen-bond donors (Lipinski definition) is 1. The largest absolute Gasteiger partial charge is 0.303 e. The number of sulfonamides is 1. The van der Waals surface area contributed by atoms with Gasteiger partial charge in [-0.3, -0.25) is 0 Å². The van der Waals surface area contributed by atoms with E-state index in [1.807, 2.05) is 6.92 Å². The molecule has 3 aliphatic rings. The second kappa shape index (κ2) is 6.39. The Hall–Kier alpha value is -0.390. The van der Waals surface area contributed by atoms with E-state index in [9.17, 15) is 8.42 Å². The van der Waals surface area contributed by atoms with Crippen molar-refractivity contribution in [3.05, 3.63) is 12.2 Å². The molecule has 21 heavy (non-hydrogen) atoms. The summed E-state index contributed by atoms with van der Waals surface area (Å²) in [5.41, 5.74) is 0. The lowest BCUT2D eigenvalue weighted by Crippen LogP contribution is -2.46. The van der Waals surface area contributed by atoms with Crippen LogP contribution in [0.3, 0.4) is 0 Å². The van der Waals surface area contributed by atoms with E-state index in [0.29, 0.717) is 6.42 Å². The zero-order valence-electron chi connectivity index (χ0n) is 13.0. The van der Waals surface area contributed by atoms with Crippen molar-refractivity contribution in [1.29, 1.82) is 0 Å². The second-order valence-corrected chi connectivity index (χ2v) is 8.93. The van der Waals surface area contributed by atoms with E-state index >= 15 is 0 Å². The molecule has 0 spiro atoms. The van der Waals surface area contributed by atoms with Crippen LogP contribution in [0.15, 0.2) is 12.2 Å². The van der Waals surface area contributed by atoms with Gasteiger partial charge in [0.05, 0.1) is 5.75 Å². The summed E-state index contributed by atoms with van der Waals surface area (Å²) in [7, 11) is -3.06. The van der Waals surface area contributed by atoms with Crippen LogP contribution in [0.5, 0.6) is 0 Å². The zero-order valence-corrected chi connectivity index (χ0v) is 13.8. The van der Waals surface area contributed by atoms with Crippen molar-refractivity contribution in [3.8, 4) is 0 Å². The number of nitrogens with one attached hydrogen (secondary N) is 1. The first-order chi connectivity index (χ1) is 10.1. The molecular formula is C16H28N2O2S. The molecule has 2 aliphatic carbocycles. The van der Waals surface area contributed by atoms with Gasteiger partial charge in [-0.2, -0.15) is 0 Å². The van der Waals surface area contributed by atoms with Crippen LogP contribution in [0.1, 0.15) is 39.0 Å². The number of nitrogens with zero attached hydrogens (tertiary/aromatic N) is 1. The lowest BCUT2D eigenvalue weighted by atomic mass is 9.92. The Morgan fingerprint density at radius 3 is 2.52 bits per heavy atom. The Bertz CT molecular complexity index is 481. The number of hydrogen-bond acceptors (Lipinski definition) is 3. The molecule has 0 unspecified atom stereocenters. The van der Waals surface area contributed by atoms with Crippen LogP contribution in [0, 0.1) is 17.8 Å². The highest BCUT2D eigenvalue weighted by atomic mass is 32.2. The first kappa shape index (κ1) is 15.5. The van der Waals surface area contributed by atoms with Gasteiger partial charge in [-0.25, -0.2) is 13.1 Å². The Balaban J connectivity index is 1.42. The summed E-state index contributed by atoms with van der Waals surface area (Å²) >= 11 is 0. The number of piperidine rings is 1. The van der Waals surface area contributed by atoms with E-state index in [1.165, 1.54) is 19.4 Å². The third kappa shape index (κ3) is 3.88. The fourth-order valence-corrected chi connectivity index (χ4v) is 5.65. The van der Waals surface area contributed by atoms with Gasteiger partial charge in [0.2, 0.25) is 10.0 Å². The highest BCUT2D eigenvalue weighted by Crippen LogP contribution is 2.43. The molecule has 1 N–H and O–H groups in total. The predicted octanol–water partition coefficient (Wildman–Crippen LogP) is 1.99. The maximum Gasteiger partial charge on any atom is 0.211 e. The normalized spacial score (nSPS) is 33.9. The van der Waals surface area contributed by atoms with Crippen molar-refractivity contribution in [2.24, 2.45) is 17.8 Å². The van der Waals surface area contributed by atoms with E-state index in [0.717, 1.165) is 43.7 Å². The van der Waals surface area contributed by atoms with E-state index in [4.69, 9.17) is 0 Å². The molecule has 1 heterocycles. The topological polar surface area (TPSA) is 49.4 Å². The van der Waals surface area contributed by atoms with Crippen LogP contribution < -0.4 is 4.72 Å². The van der Waals surface area contributed by atoms with E-state index in [-0.39, 0.29) is 11.8 Å². The Labute approximate surface area is 129 Å². The van der Waals surface area contributed by atoms with Crippen LogP contribution in [-0.4, -0.2) is 44.7 Å². The molecule has 3 rings (SSSR count). The summed E-state index contributed by atoms with van der Waals surface area (Å²) in [5.74, 6) is 2.76. The van der Waals surface area contributed by atoms with Gasteiger partial charge >= 0.3 is 0 Å². The third-order valence-electron chi connectivity index (χ3n) is 5.32. The summed E-state index contributed by atoms with van der Waals surface area (Å²) in [5, 5.41) is 0. The molecule has 2 fully saturated rings. The van der Waals surface area contributed by atoms with Crippen molar-refractivity contribution in [2.75, 3.05) is 25.4 Å². The van der Waals surface area contributed by atoms with Gasteiger partial charge in [-0.1, -0.05) is 19.1 Å². The van der Waals surface area contributed by atoms with Crippen molar-refractivity contribution >= 4 is 10.0 Å². The quantitative estimate of drug-likeness (QED) is 0.763. The van der Waals surface area contributed by atoms with E-state index in [1.54, 1.807) is 0 Å². The van der Waals surface area contributed by atoms with Crippen molar-refractivity contribution in [2.45, 2.75) is 45.1 Å². The number of fused-ring (bicyclic) bond motifs is 2. The van der Waals surface area contributed by atoms with Crippen molar-refractivity contribution in [3.63, 3.8) is 0 Å². The zero-order chi connectivity index (χ0) is 14.9. The summed E-state index contributed by atoms with van der Waals surface area (Å²) in [6.07, 6.45) is 10.2. The summed E-state index contributed by atoms with van der Waals surface area (Å²) in [6.45, 7) is 5.19. The lowest BCUT2D eigenvalue weighted by molar-refractivity contribution is 0.169. The molecule has 0 aromatic rings. The molecule has 1 saturated heterocycles. The molecule has 5 heteroatoms. The molecule has 2 bridgehead atoms. The summed E-state index contributed by atoms with van der Waals surface area (Å²) in [6, 6.07) is 0.151. The van der Waals surface area contributed by atoms with Crippen LogP contribution in [0.25, 0.3) is 0 Å². The molecule has 4 nitrogen and oxygen atoms in total. The number of likely N-dealkylation sites (tertiary alicyclic amines) is 1. The van der Waals surface area contributed by atoms with Crippen LogP contribution in [0.2, 0.25) is 0 Å². The van der Waals surface area contributed by atoms with Gasteiger partial charge in [0.1, 0.15) is 0 Å². The predicted molar refractivity (Wildman–Crippen MR) is 85.5 cm³/mol. The highest BCUT2D eigenvalue weighted by Gasteiger charge is 2.36. The van der Waals surface area contributed by atoms with E-state index < -0.39 is 10.0 Å². The van der Waals surface area contributed by atoms with Crippen LogP contribution in [0.4, 0.5) is 0 Å². The number of rotatable bonds is 6. The molecule has 1 aliphatic heterocycles. The Kier molecular flexibility index (Phi) is 4.71. The lowest BCUT2D eigenvalue weighted by Gasteiger charge is -2.35. The average Bonchev–Trinajstić information content (AvgIpc) is 3.03. The number of allylic oxidation sites excluding steroid dienone is 2. The highest BCUT2D eigenvalue weighted by molar-refractivity contribution is 7.89. The van der Waals surface area contributed by atoms with Gasteiger partial charge in [-0.05, 0) is 62.9 Å². The first-order valence-corrected chi connectivity index (χ1v) is 10.1. The van der Waals surface area contributed by atoms with Gasteiger partial charge in [0.15, 0.2) is 0 Å². The molecule has 120 valence electrons. The Morgan fingerprint density at radius 2 is 1.95 bits per heavy atom. The minimum atomic E-state index is -3.06. The first-order valence-electron chi connectivity index (χ1n) is 8.46. The summed E-state index contributed by atoms with van der Waals surface area (Å²) in [4.78, 5) is 2.55. The SMILES string of the molecule is CCCS(=O)(=O)NC1CCN(C[C@@H]2C[C@H]3C=C[C@H]2C3)CC1. The fraction of sp³-hybridized carbons (Fsp3) is 0.875. The van der Waals surface area contributed by atoms with Crippen molar-refractivity contribution < 1.29 is 8.42 Å². The molecular weight excluding hydrogens is 284 g/mol. The maximum absolute atomic E-state index is 11.8. The third-order valence-corrected chi connectivity index (χ3v) is 6.95. The molecule has 0 amide bonds. The van der Waals surface area contributed by atoms with Crippen LogP contribution in [-0.2, 0) is 10.0 Å². The average molecular weight is 312 g/mol. The maximum atomic E-state index is 11.8. The fourth-order valence-electron chi connectivity index (χ4n) is 4.25. The van der Waals surface area contributed by atoms with Gasteiger partial charge in [0, 0.05) is 12.6 Å². The van der Waals surface area contributed by atoms with Gasteiger partial charge in [0.25, 0.3) is 0 Å². The standard InChI is InChI=1S/C16H28N2O2S/c1-2-9-21(19,20)17-16-5-7-18(8-6-16)12-15-11-13-3-4-14(15)10-13/h3-4,13-17H,2,5-12H2,1H3/t13-,14-,15-/m0/s1. The molecule has 0 aromatic carbocycles. The molecule has 1 saturated carbocycles. The second-order valence-electron chi connectivity index (χ2n) is 7.05. The van der Waals surface area contributed by atoms with Crippen molar-refractivity contribution in [1.82, 2.24) is 9.62 Å². The minimum absolute atomic E-state index is 0.151. The Morgan fingerprint density at radius 1 is 1.19 bits per heavy atom. The smallest absolute Gasteiger partial charge is 0.211 e. The van der Waals surface area contributed by atoms with Crippen LogP contribution >= 0.6 is 0 Å². The van der Waals surface area contributed by atoms with Gasteiger partial charge in [-0.15, -0.1) is 0 Å².